The van der Waals surface area contributed by atoms with Gasteiger partial charge in [0, 0.05) is 26.3 Å². The lowest BCUT2D eigenvalue weighted by Crippen LogP contribution is -2.43. The Kier molecular flexibility index (Phi) is 7.45. The van der Waals surface area contributed by atoms with Crippen LogP contribution in [0.2, 0.25) is 0 Å². The Hall–Kier alpha value is -2.57. The number of nitrogens with zero attached hydrogens (tertiary/aromatic N) is 2. The number of likely N-dealkylation sites (N-methyl/N-ethyl adjacent to an activating group) is 1. The average molecular weight is 305 g/mol. The van der Waals surface area contributed by atoms with Crippen molar-refractivity contribution in [2.45, 2.75) is 6.92 Å². The zero-order valence-electron chi connectivity index (χ0n) is 13.2. The number of hydrogen-bond acceptors (Lipinski definition) is 3. The van der Waals surface area contributed by atoms with Gasteiger partial charge >= 0.3 is 0 Å². The number of carbonyl (C=O) groups is 2. The van der Waals surface area contributed by atoms with Gasteiger partial charge in [0.1, 0.15) is 6.54 Å². The van der Waals surface area contributed by atoms with E-state index in [1.54, 1.807) is 26.2 Å². The number of nitrogens with one attached hydrogen (secondary N) is 3. The highest BCUT2D eigenvalue weighted by atomic mass is 16.2. The molecule has 0 unspecified atom stereocenters. The molecule has 0 saturated carbocycles. The number of aliphatic imine (C=N–C) groups is 1. The van der Waals surface area contributed by atoms with Gasteiger partial charge in [-0.2, -0.15) is 0 Å². The maximum atomic E-state index is 11.8. The third-order valence-corrected chi connectivity index (χ3v) is 2.69. The average Bonchev–Trinajstić information content (AvgIpc) is 2.50. The van der Waals surface area contributed by atoms with Crippen molar-refractivity contribution in [2.24, 2.45) is 4.99 Å². The number of guanidine groups is 1. The number of para-hydroxylation sites is 1. The van der Waals surface area contributed by atoms with Crippen molar-refractivity contribution in [3.05, 3.63) is 30.3 Å². The molecule has 0 atom stereocenters. The summed E-state index contributed by atoms with van der Waals surface area (Å²) in [5.74, 6) is 0.141. The van der Waals surface area contributed by atoms with Crippen molar-refractivity contribution in [1.29, 1.82) is 0 Å². The molecule has 1 aromatic carbocycles. The minimum absolute atomic E-state index is 0.0274. The predicted octanol–water partition coefficient (Wildman–Crippen LogP) is 0.268. The third-order valence-electron chi connectivity index (χ3n) is 2.69. The maximum absolute atomic E-state index is 11.8. The molecule has 0 radical (unpaired) electrons. The van der Waals surface area contributed by atoms with E-state index in [1.807, 2.05) is 25.1 Å². The molecule has 3 N–H and O–H groups in total. The van der Waals surface area contributed by atoms with Crippen LogP contribution in [0.3, 0.4) is 0 Å². The van der Waals surface area contributed by atoms with Crippen LogP contribution in [0.4, 0.5) is 5.69 Å². The summed E-state index contributed by atoms with van der Waals surface area (Å²) in [5, 5.41) is 8.62. The third kappa shape index (κ3) is 6.74. The van der Waals surface area contributed by atoms with Crippen LogP contribution in [0.1, 0.15) is 6.92 Å². The summed E-state index contributed by atoms with van der Waals surface area (Å²) in [6.45, 7) is 2.65. The lowest BCUT2D eigenvalue weighted by Gasteiger charge is -2.14. The number of benzene rings is 1. The van der Waals surface area contributed by atoms with E-state index in [0.717, 1.165) is 5.69 Å². The molecule has 0 fully saturated rings. The number of rotatable bonds is 6. The van der Waals surface area contributed by atoms with E-state index in [1.165, 1.54) is 4.90 Å². The van der Waals surface area contributed by atoms with E-state index in [4.69, 9.17) is 0 Å². The quantitative estimate of drug-likeness (QED) is 0.520. The molecule has 0 aromatic heterocycles. The first-order valence-corrected chi connectivity index (χ1v) is 7.10. The second-order valence-electron chi connectivity index (χ2n) is 4.75. The van der Waals surface area contributed by atoms with Crippen LogP contribution in [-0.2, 0) is 9.59 Å². The first-order chi connectivity index (χ1) is 10.5. The first-order valence-electron chi connectivity index (χ1n) is 7.10. The number of anilines is 1. The number of hydrogen-bond donors (Lipinski definition) is 3. The highest BCUT2D eigenvalue weighted by molar-refractivity contribution is 5.94. The number of carbonyl (C=O) groups excluding carboxylic acids is 2. The van der Waals surface area contributed by atoms with E-state index >= 15 is 0 Å². The predicted molar refractivity (Wildman–Crippen MR) is 87.7 cm³/mol. The molecular formula is C15H23N5O2. The topological polar surface area (TPSA) is 85.8 Å². The van der Waals surface area contributed by atoms with Gasteiger partial charge in [0.05, 0.1) is 6.54 Å². The molecule has 7 heteroatoms. The molecule has 22 heavy (non-hydrogen) atoms. The van der Waals surface area contributed by atoms with Crippen molar-refractivity contribution in [2.75, 3.05) is 39.0 Å². The second kappa shape index (κ2) is 9.38. The summed E-state index contributed by atoms with van der Waals surface area (Å²) in [6.07, 6.45) is 0. The van der Waals surface area contributed by atoms with Crippen molar-refractivity contribution in [3.63, 3.8) is 0 Å². The lowest BCUT2D eigenvalue weighted by atomic mass is 10.3. The molecule has 0 aliphatic heterocycles. The van der Waals surface area contributed by atoms with Gasteiger partial charge < -0.3 is 20.9 Å². The highest BCUT2D eigenvalue weighted by Gasteiger charge is 2.06. The van der Waals surface area contributed by atoms with Crippen LogP contribution in [0.5, 0.6) is 0 Å². The second-order valence-corrected chi connectivity index (χ2v) is 4.75. The summed E-state index contributed by atoms with van der Waals surface area (Å²) in [6, 6.07) is 9.18. The largest absolute Gasteiger partial charge is 0.357 e. The van der Waals surface area contributed by atoms with Gasteiger partial charge in [-0.05, 0) is 19.1 Å². The Morgan fingerprint density at radius 2 is 1.82 bits per heavy atom. The van der Waals surface area contributed by atoms with E-state index in [0.29, 0.717) is 12.5 Å². The van der Waals surface area contributed by atoms with Gasteiger partial charge in [-0.1, -0.05) is 18.2 Å². The summed E-state index contributed by atoms with van der Waals surface area (Å²) in [4.78, 5) is 29.0. The van der Waals surface area contributed by atoms with Crippen LogP contribution in [0, 0.1) is 0 Å². The summed E-state index contributed by atoms with van der Waals surface area (Å²) in [5.41, 5.74) is 0.725. The fraction of sp³-hybridized carbons (Fsp3) is 0.400. The standard InChI is InChI=1S/C15H23N5O2/c1-4-16-15(18-11-14(22)20(2)3)17-10-13(21)19-12-8-6-5-7-9-12/h5-9H,4,10-11H2,1-3H3,(H,19,21)(H2,16,17,18). The first kappa shape index (κ1) is 17.5. The zero-order valence-corrected chi connectivity index (χ0v) is 13.2. The zero-order chi connectivity index (χ0) is 16.4. The maximum Gasteiger partial charge on any atom is 0.246 e. The van der Waals surface area contributed by atoms with Crippen LogP contribution in [-0.4, -0.2) is 56.4 Å². The monoisotopic (exact) mass is 305 g/mol. The Morgan fingerprint density at radius 3 is 2.41 bits per heavy atom. The molecule has 0 heterocycles. The van der Waals surface area contributed by atoms with Gasteiger partial charge in [-0.15, -0.1) is 0 Å². The van der Waals surface area contributed by atoms with Crippen molar-refractivity contribution in [1.82, 2.24) is 15.5 Å². The fourth-order valence-electron chi connectivity index (χ4n) is 1.53. The molecule has 0 bridgehead atoms. The van der Waals surface area contributed by atoms with Crippen LogP contribution < -0.4 is 16.0 Å². The minimum Gasteiger partial charge on any atom is -0.357 e. The van der Waals surface area contributed by atoms with Gasteiger partial charge in [0.15, 0.2) is 5.96 Å². The molecule has 0 aliphatic carbocycles. The molecule has 7 nitrogen and oxygen atoms in total. The molecule has 1 rings (SSSR count). The Bertz CT molecular complexity index is 514. The Morgan fingerprint density at radius 1 is 1.14 bits per heavy atom. The van der Waals surface area contributed by atoms with Gasteiger partial charge in [0.2, 0.25) is 11.8 Å². The summed E-state index contributed by atoms with van der Waals surface area (Å²) < 4.78 is 0. The van der Waals surface area contributed by atoms with Crippen LogP contribution in [0.25, 0.3) is 0 Å². The number of amides is 2. The van der Waals surface area contributed by atoms with Crippen LogP contribution in [0.15, 0.2) is 35.3 Å². The fourth-order valence-corrected chi connectivity index (χ4v) is 1.53. The SMILES string of the molecule is CCNC(=NCC(=O)Nc1ccccc1)NCC(=O)N(C)C. The van der Waals surface area contributed by atoms with Crippen molar-refractivity contribution >= 4 is 23.5 Å². The van der Waals surface area contributed by atoms with Gasteiger partial charge in [0.25, 0.3) is 0 Å². The Balaban J connectivity index is 2.50. The minimum atomic E-state index is -0.220. The van der Waals surface area contributed by atoms with E-state index < -0.39 is 0 Å². The van der Waals surface area contributed by atoms with Crippen molar-refractivity contribution in [3.8, 4) is 0 Å². The summed E-state index contributed by atoms with van der Waals surface area (Å²) >= 11 is 0. The van der Waals surface area contributed by atoms with Gasteiger partial charge in [-0.25, -0.2) is 4.99 Å². The molecule has 120 valence electrons. The smallest absolute Gasteiger partial charge is 0.246 e. The lowest BCUT2D eigenvalue weighted by molar-refractivity contribution is -0.127. The molecule has 0 spiro atoms. The van der Waals surface area contributed by atoms with Gasteiger partial charge in [-0.3, -0.25) is 9.59 Å². The van der Waals surface area contributed by atoms with Crippen LogP contribution >= 0.6 is 0 Å². The normalized spacial score (nSPS) is 10.8. The molecule has 1 aromatic rings. The molecular weight excluding hydrogens is 282 g/mol. The Labute approximate surface area is 130 Å². The van der Waals surface area contributed by atoms with E-state index in [9.17, 15) is 9.59 Å². The summed E-state index contributed by atoms with van der Waals surface area (Å²) in [7, 11) is 3.36. The molecule has 0 aliphatic rings. The highest BCUT2D eigenvalue weighted by Crippen LogP contribution is 2.04. The molecule has 2 amide bonds. The van der Waals surface area contributed by atoms with Crippen molar-refractivity contribution < 1.29 is 9.59 Å². The molecule has 0 saturated heterocycles. The van der Waals surface area contributed by atoms with E-state index in [-0.39, 0.29) is 24.9 Å². The van der Waals surface area contributed by atoms with E-state index in [2.05, 4.69) is 20.9 Å².